The van der Waals surface area contributed by atoms with Crippen LogP contribution in [-0.4, -0.2) is 73.3 Å². The minimum absolute atomic E-state index is 0.745. The van der Waals surface area contributed by atoms with Crippen molar-refractivity contribution in [3.8, 4) is 0 Å². The third kappa shape index (κ3) is 7.02. The zero-order valence-electron chi connectivity index (χ0n) is 17.3. The van der Waals surface area contributed by atoms with Gasteiger partial charge in [-0.1, -0.05) is 30.3 Å². The fourth-order valence-electron chi connectivity index (χ4n) is 3.29. The normalized spacial score (nSPS) is 14.9. The summed E-state index contributed by atoms with van der Waals surface area (Å²) >= 11 is 0. The number of rotatable bonds is 9. The molecule has 1 fully saturated rings. The first-order chi connectivity index (χ1) is 14.4. The summed E-state index contributed by atoms with van der Waals surface area (Å²) in [7, 11) is 0. The molecule has 0 aliphatic carbocycles. The molecule has 0 amide bonds. The van der Waals surface area contributed by atoms with Gasteiger partial charge in [-0.25, -0.2) is 9.97 Å². The summed E-state index contributed by atoms with van der Waals surface area (Å²) in [6.07, 6.45) is 5.48. The Hall–Kier alpha value is -2.67. The topological polar surface area (TPSA) is 65.9 Å². The van der Waals surface area contributed by atoms with Gasteiger partial charge in [-0.2, -0.15) is 0 Å². The van der Waals surface area contributed by atoms with Gasteiger partial charge in [0.2, 0.25) is 5.95 Å². The van der Waals surface area contributed by atoms with Crippen molar-refractivity contribution in [1.29, 1.82) is 0 Å². The lowest BCUT2D eigenvalue weighted by molar-refractivity contribution is 0.136. The number of hydrogen-bond donors (Lipinski definition) is 1. The van der Waals surface area contributed by atoms with Gasteiger partial charge in [-0.3, -0.25) is 4.99 Å². The van der Waals surface area contributed by atoms with Gasteiger partial charge in [-0.05, 0) is 31.4 Å². The van der Waals surface area contributed by atoms with Gasteiger partial charge in [0.05, 0.1) is 6.61 Å². The Morgan fingerprint density at radius 1 is 1.03 bits per heavy atom. The Kier molecular flexibility index (Phi) is 8.72. The minimum Gasteiger partial charge on any atom is -0.381 e. The van der Waals surface area contributed by atoms with Crippen LogP contribution >= 0.6 is 0 Å². The van der Waals surface area contributed by atoms with Crippen molar-refractivity contribution >= 4 is 11.9 Å². The van der Waals surface area contributed by atoms with Crippen molar-refractivity contribution in [2.45, 2.75) is 19.8 Å². The molecule has 7 heteroatoms. The van der Waals surface area contributed by atoms with Crippen LogP contribution in [0.2, 0.25) is 0 Å². The number of hydrogen-bond acceptors (Lipinski definition) is 5. The van der Waals surface area contributed by atoms with Gasteiger partial charge < -0.3 is 19.9 Å². The zero-order chi connectivity index (χ0) is 20.2. The van der Waals surface area contributed by atoms with E-state index in [0.29, 0.717) is 0 Å². The number of ether oxygens (including phenoxy) is 1. The highest BCUT2D eigenvalue weighted by molar-refractivity contribution is 5.80. The number of aliphatic imine (C=N–C) groups is 1. The van der Waals surface area contributed by atoms with Gasteiger partial charge in [0.15, 0.2) is 5.96 Å². The molecule has 1 aliphatic heterocycles. The molecular weight excluding hydrogens is 364 g/mol. The van der Waals surface area contributed by atoms with Crippen LogP contribution < -0.4 is 10.2 Å². The molecular formula is C22H32N6O. The average molecular weight is 397 g/mol. The van der Waals surface area contributed by atoms with E-state index in [2.05, 4.69) is 56.3 Å². The number of nitrogens with zero attached hydrogens (tertiary/aromatic N) is 5. The summed E-state index contributed by atoms with van der Waals surface area (Å²) in [5, 5.41) is 3.42. The Morgan fingerprint density at radius 2 is 1.79 bits per heavy atom. The summed E-state index contributed by atoms with van der Waals surface area (Å²) < 4.78 is 5.76. The Labute approximate surface area is 173 Å². The first-order valence-electron chi connectivity index (χ1n) is 10.5. The molecule has 0 saturated carbocycles. The molecule has 3 rings (SSSR count). The van der Waals surface area contributed by atoms with Crippen LogP contribution in [0.4, 0.5) is 5.95 Å². The summed E-state index contributed by atoms with van der Waals surface area (Å²) in [6.45, 7) is 8.88. The second-order valence-electron chi connectivity index (χ2n) is 6.96. The lowest BCUT2D eigenvalue weighted by atomic mass is 10.2. The average Bonchev–Trinajstić information content (AvgIpc) is 2.79. The van der Waals surface area contributed by atoms with Gasteiger partial charge in [0, 0.05) is 58.3 Å². The molecule has 1 aliphatic rings. The van der Waals surface area contributed by atoms with E-state index in [-0.39, 0.29) is 0 Å². The maximum Gasteiger partial charge on any atom is 0.225 e. The van der Waals surface area contributed by atoms with Crippen LogP contribution in [0.5, 0.6) is 0 Å². The van der Waals surface area contributed by atoms with E-state index in [0.717, 1.165) is 77.2 Å². The maximum absolute atomic E-state index is 5.76. The van der Waals surface area contributed by atoms with E-state index in [1.807, 2.05) is 12.1 Å². The van der Waals surface area contributed by atoms with Gasteiger partial charge in [0.1, 0.15) is 0 Å². The molecule has 2 aromatic rings. The van der Waals surface area contributed by atoms with Crippen molar-refractivity contribution < 1.29 is 4.74 Å². The van der Waals surface area contributed by atoms with Crippen LogP contribution in [0.15, 0.2) is 53.8 Å². The standard InChI is InChI=1S/C22H32N6O/c1-2-23-21(26-13-7-18-29-19-10-20-8-4-3-5-9-20)27-14-16-28(17-15-27)22-24-11-6-12-25-22/h3-6,8-9,11-12H,2,7,10,13-19H2,1H3,(H,23,26). The molecule has 0 spiro atoms. The van der Waals surface area contributed by atoms with E-state index in [9.17, 15) is 0 Å². The van der Waals surface area contributed by atoms with Gasteiger partial charge in [0.25, 0.3) is 0 Å². The highest BCUT2D eigenvalue weighted by Crippen LogP contribution is 2.10. The molecule has 0 radical (unpaired) electrons. The largest absolute Gasteiger partial charge is 0.381 e. The third-order valence-electron chi connectivity index (χ3n) is 4.84. The van der Waals surface area contributed by atoms with Crippen LogP contribution in [0.3, 0.4) is 0 Å². The van der Waals surface area contributed by atoms with Crippen molar-refractivity contribution in [2.75, 3.05) is 57.4 Å². The fourth-order valence-corrected chi connectivity index (χ4v) is 3.29. The van der Waals surface area contributed by atoms with Crippen LogP contribution in [-0.2, 0) is 11.2 Å². The quantitative estimate of drug-likeness (QED) is 0.398. The number of aromatic nitrogens is 2. The molecule has 29 heavy (non-hydrogen) atoms. The predicted molar refractivity (Wildman–Crippen MR) is 117 cm³/mol. The second-order valence-corrected chi connectivity index (χ2v) is 6.96. The maximum atomic E-state index is 5.76. The first kappa shape index (κ1) is 21.0. The summed E-state index contributed by atoms with van der Waals surface area (Å²) in [6, 6.07) is 12.3. The molecule has 1 aromatic heterocycles. The number of guanidine groups is 1. The Balaban J connectivity index is 1.36. The van der Waals surface area contributed by atoms with Crippen LogP contribution in [0, 0.1) is 0 Å². The van der Waals surface area contributed by atoms with E-state index >= 15 is 0 Å². The molecule has 156 valence electrons. The molecule has 7 nitrogen and oxygen atoms in total. The first-order valence-corrected chi connectivity index (χ1v) is 10.5. The Bertz CT molecular complexity index is 717. The third-order valence-corrected chi connectivity index (χ3v) is 4.84. The smallest absolute Gasteiger partial charge is 0.225 e. The van der Waals surface area contributed by atoms with Gasteiger partial charge in [-0.15, -0.1) is 0 Å². The SMILES string of the molecule is CCNC(=NCCCOCCc1ccccc1)N1CCN(c2ncccn2)CC1. The Morgan fingerprint density at radius 3 is 2.52 bits per heavy atom. The van der Waals surface area contributed by atoms with Gasteiger partial charge >= 0.3 is 0 Å². The molecule has 1 saturated heterocycles. The minimum atomic E-state index is 0.745. The lowest BCUT2D eigenvalue weighted by Gasteiger charge is -2.36. The predicted octanol–water partition coefficient (Wildman–Crippen LogP) is 2.21. The van der Waals surface area contributed by atoms with E-state index in [1.54, 1.807) is 12.4 Å². The highest BCUT2D eigenvalue weighted by Gasteiger charge is 2.20. The molecule has 0 atom stereocenters. The molecule has 2 heterocycles. The van der Waals surface area contributed by atoms with E-state index in [1.165, 1.54) is 5.56 Å². The molecule has 1 N–H and O–H groups in total. The van der Waals surface area contributed by atoms with Crippen molar-refractivity contribution in [1.82, 2.24) is 20.2 Å². The lowest BCUT2D eigenvalue weighted by Crippen LogP contribution is -2.53. The zero-order valence-corrected chi connectivity index (χ0v) is 17.3. The van der Waals surface area contributed by atoms with Crippen molar-refractivity contribution in [3.63, 3.8) is 0 Å². The number of benzene rings is 1. The highest BCUT2D eigenvalue weighted by atomic mass is 16.5. The monoisotopic (exact) mass is 396 g/mol. The van der Waals surface area contributed by atoms with E-state index < -0.39 is 0 Å². The number of piperazine rings is 1. The summed E-state index contributed by atoms with van der Waals surface area (Å²) in [4.78, 5) is 18.0. The number of anilines is 1. The molecule has 1 aromatic carbocycles. The second kappa shape index (κ2) is 12.0. The summed E-state index contributed by atoms with van der Waals surface area (Å²) in [5.41, 5.74) is 1.32. The summed E-state index contributed by atoms with van der Waals surface area (Å²) in [5.74, 6) is 1.80. The fraction of sp³-hybridized carbons (Fsp3) is 0.500. The molecule has 0 unspecified atom stereocenters. The van der Waals surface area contributed by atoms with Crippen LogP contribution in [0.25, 0.3) is 0 Å². The van der Waals surface area contributed by atoms with E-state index in [4.69, 9.17) is 9.73 Å². The number of nitrogens with one attached hydrogen (secondary N) is 1. The van der Waals surface area contributed by atoms with Crippen LogP contribution in [0.1, 0.15) is 18.9 Å². The van der Waals surface area contributed by atoms with Crippen molar-refractivity contribution in [3.05, 3.63) is 54.4 Å². The molecule has 0 bridgehead atoms. The van der Waals surface area contributed by atoms with Crippen molar-refractivity contribution in [2.24, 2.45) is 4.99 Å².